The highest BCUT2D eigenvalue weighted by Crippen LogP contribution is 2.13. The first-order valence-corrected chi connectivity index (χ1v) is 7.03. The zero-order valence-electron chi connectivity index (χ0n) is 11.6. The van der Waals surface area contributed by atoms with Crippen LogP contribution in [0.15, 0.2) is 24.3 Å². The highest BCUT2D eigenvalue weighted by atomic mass is 16.1. The molecule has 2 N–H and O–H groups in total. The van der Waals surface area contributed by atoms with E-state index in [0.29, 0.717) is 17.7 Å². The number of para-hydroxylation sites is 1. The molecule has 4 nitrogen and oxygen atoms in total. The summed E-state index contributed by atoms with van der Waals surface area (Å²) < 4.78 is 0. The SMILES string of the molecule is CCN1CCN(CCC(=O)c2ccccc2N)CC1. The number of nitrogen functional groups attached to an aromatic ring is 1. The molecule has 0 atom stereocenters. The van der Waals surface area contributed by atoms with Crippen LogP contribution in [0.2, 0.25) is 0 Å². The number of rotatable bonds is 5. The Balaban J connectivity index is 1.80. The van der Waals surface area contributed by atoms with Gasteiger partial charge >= 0.3 is 0 Å². The summed E-state index contributed by atoms with van der Waals surface area (Å²) >= 11 is 0. The van der Waals surface area contributed by atoms with Gasteiger partial charge in [0, 0.05) is 50.4 Å². The summed E-state index contributed by atoms with van der Waals surface area (Å²) in [6.45, 7) is 8.49. The number of nitrogens with zero attached hydrogens (tertiary/aromatic N) is 2. The van der Waals surface area contributed by atoms with E-state index in [0.717, 1.165) is 39.3 Å². The average molecular weight is 261 g/mol. The number of hydrogen-bond acceptors (Lipinski definition) is 4. The summed E-state index contributed by atoms with van der Waals surface area (Å²) in [7, 11) is 0. The van der Waals surface area contributed by atoms with Crippen LogP contribution in [0, 0.1) is 0 Å². The first-order valence-electron chi connectivity index (χ1n) is 7.03. The van der Waals surface area contributed by atoms with Gasteiger partial charge in [0.1, 0.15) is 0 Å². The molecule has 0 spiro atoms. The van der Waals surface area contributed by atoms with Crippen molar-refractivity contribution < 1.29 is 4.79 Å². The van der Waals surface area contributed by atoms with Crippen molar-refractivity contribution in [3.63, 3.8) is 0 Å². The first-order chi connectivity index (χ1) is 9.20. The van der Waals surface area contributed by atoms with E-state index < -0.39 is 0 Å². The Bertz CT molecular complexity index is 425. The van der Waals surface area contributed by atoms with Crippen LogP contribution in [0.4, 0.5) is 5.69 Å². The van der Waals surface area contributed by atoms with Gasteiger partial charge in [-0.05, 0) is 18.7 Å². The van der Waals surface area contributed by atoms with Gasteiger partial charge in [-0.1, -0.05) is 19.1 Å². The molecule has 2 rings (SSSR count). The maximum atomic E-state index is 12.1. The lowest BCUT2D eigenvalue weighted by Gasteiger charge is -2.33. The normalized spacial score (nSPS) is 17.5. The molecule has 0 saturated carbocycles. The van der Waals surface area contributed by atoms with Crippen LogP contribution in [0.25, 0.3) is 0 Å². The predicted octanol–water partition coefficient (Wildman–Crippen LogP) is 1.48. The lowest BCUT2D eigenvalue weighted by molar-refractivity contribution is 0.0932. The minimum atomic E-state index is 0.149. The predicted molar refractivity (Wildman–Crippen MR) is 78.4 cm³/mol. The molecule has 1 fully saturated rings. The Morgan fingerprint density at radius 3 is 2.42 bits per heavy atom. The van der Waals surface area contributed by atoms with E-state index in [1.54, 1.807) is 6.07 Å². The highest BCUT2D eigenvalue weighted by Gasteiger charge is 2.17. The standard InChI is InChI=1S/C15H23N3O/c1-2-17-9-11-18(12-10-17)8-7-15(19)13-5-3-4-6-14(13)16/h3-6H,2,7-12,16H2,1H3. The molecule has 1 aliphatic rings. The molecule has 1 aromatic carbocycles. The zero-order valence-corrected chi connectivity index (χ0v) is 11.6. The van der Waals surface area contributed by atoms with Gasteiger partial charge in [0.05, 0.1) is 0 Å². The van der Waals surface area contributed by atoms with Crippen molar-refractivity contribution in [2.24, 2.45) is 0 Å². The smallest absolute Gasteiger partial charge is 0.166 e. The average Bonchev–Trinajstić information content (AvgIpc) is 2.46. The zero-order chi connectivity index (χ0) is 13.7. The fraction of sp³-hybridized carbons (Fsp3) is 0.533. The molecule has 19 heavy (non-hydrogen) atoms. The number of Topliss-reactive ketones (excluding diaryl/α,β-unsaturated/α-hetero) is 1. The van der Waals surface area contributed by atoms with Crippen molar-refractivity contribution in [2.45, 2.75) is 13.3 Å². The van der Waals surface area contributed by atoms with E-state index in [9.17, 15) is 4.79 Å². The van der Waals surface area contributed by atoms with E-state index >= 15 is 0 Å². The third kappa shape index (κ3) is 3.78. The van der Waals surface area contributed by atoms with E-state index in [1.165, 1.54) is 0 Å². The highest BCUT2D eigenvalue weighted by molar-refractivity contribution is 6.00. The fourth-order valence-electron chi connectivity index (χ4n) is 2.47. The van der Waals surface area contributed by atoms with Crippen molar-refractivity contribution in [1.29, 1.82) is 0 Å². The van der Waals surface area contributed by atoms with Gasteiger partial charge < -0.3 is 15.5 Å². The molecule has 0 aromatic heterocycles. The minimum Gasteiger partial charge on any atom is -0.398 e. The molecule has 1 saturated heterocycles. The van der Waals surface area contributed by atoms with Crippen LogP contribution < -0.4 is 5.73 Å². The molecule has 0 unspecified atom stereocenters. The Kier molecular flexibility index (Phi) is 4.93. The number of hydrogen-bond donors (Lipinski definition) is 1. The summed E-state index contributed by atoms with van der Waals surface area (Å²) in [5, 5.41) is 0. The number of piperazine rings is 1. The number of nitrogens with two attached hydrogens (primary N) is 1. The molecule has 1 aromatic rings. The second-order valence-corrected chi connectivity index (χ2v) is 5.04. The lowest BCUT2D eigenvalue weighted by atomic mass is 10.1. The summed E-state index contributed by atoms with van der Waals surface area (Å²) in [5.74, 6) is 0.149. The molecular formula is C15H23N3O. The molecule has 0 radical (unpaired) electrons. The number of benzene rings is 1. The Morgan fingerprint density at radius 2 is 1.79 bits per heavy atom. The number of carbonyl (C=O) groups excluding carboxylic acids is 1. The molecule has 0 bridgehead atoms. The molecule has 4 heteroatoms. The van der Waals surface area contributed by atoms with E-state index in [4.69, 9.17) is 5.73 Å². The van der Waals surface area contributed by atoms with E-state index in [-0.39, 0.29) is 5.78 Å². The second kappa shape index (κ2) is 6.68. The van der Waals surface area contributed by atoms with Gasteiger partial charge in [-0.15, -0.1) is 0 Å². The van der Waals surface area contributed by atoms with Gasteiger partial charge in [-0.25, -0.2) is 0 Å². The Labute approximate surface area is 115 Å². The Hall–Kier alpha value is -1.39. The van der Waals surface area contributed by atoms with Crippen molar-refractivity contribution >= 4 is 11.5 Å². The van der Waals surface area contributed by atoms with Gasteiger partial charge in [-0.2, -0.15) is 0 Å². The van der Waals surface area contributed by atoms with Crippen molar-refractivity contribution in [3.8, 4) is 0 Å². The maximum Gasteiger partial charge on any atom is 0.166 e. The quantitative estimate of drug-likeness (QED) is 0.644. The van der Waals surface area contributed by atoms with Crippen molar-refractivity contribution in [2.75, 3.05) is 45.0 Å². The summed E-state index contributed by atoms with van der Waals surface area (Å²) in [4.78, 5) is 16.9. The van der Waals surface area contributed by atoms with Crippen molar-refractivity contribution in [3.05, 3.63) is 29.8 Å². The molecule has 104 valence electrons. The number of carbonyl (C=O) groups is 1. The van der Waals surface area contributed by atoms with Crippen LogP contribution in [0.1, 0.15) is 23.7 Å². The molecule has 0 amide bonds. The summed E-state index contributed by atoms with van der Waals surface area (Å²) in [6, 6.07) is 7.32. The molecular weight excluding hydrogens is 238 g/mol. The van der Waals surface area contributed by atoms with E-state index in [1.807, 2.05) is 18.2 Å². The largest absolute Gasteiger partial charge is 0.398 e. The fourth-order valence-corrected chi connectivity index (χ4v) is 2.47. The van der Waals surface area contributed by atoms with Crippen molar-refractivity contribution in [1.82, 2.24) is 9.80 Å². The molecule has 0 aliphatic carbocycles. The number of anilines is 1. The second-order valence-electron chi connectivity index (χ2n) is 5.04. The molecule has 1 heterocycles. The topological polar surface area (TPSA) is 49.6 Å². The van der Waals surface area contributed by atoms with Gasteiger partial charge in [-0.3, -0.25) is 4.79 Å². The number of likely N-dealkylation sites (N-methyl/N-ethyl adjacent to an activating group) is 1. The van der Waals surface area contributed by atoms with Crippen LogP contribution in [-0.4, -0.2) is 54.9 Å². The van der Waals surface area contributed by atoms with E-state index in [2.05, 4.69) is 16.7 Å². The molecule has 1 aliphatic heterocycles. The van der Waals surface area contributed by atoms with Crippen LogP contribution >= 0.6 is 0 Å². The first kappa shape index (κ1) is 14.0. The van der Waals surface area contributed by atoms with Crippen LogP contribution in [-0.2, 0) is 0 Å². The van der Waals surface area contributed by atoms with Crippen LogP contribution in [0.3, 0.4) is 0 Å². The maximum absolute atomic E-state index is 12.1. The third-order valence-corrected chi connectivity index (χ3v) is 3.83. The van der Waals surface area contributed by atoms with Crippen LogP contribution in [0.5, 0.6) is 0 Å². The summed E-state index contributed by atoms with van der Waals surface area (Å²) in [6.07, 6.45) is 0.556. The lowest BCUT2D eigenvalue weighted by Crippen LogP contribution is -2.46. The van der Waals surface area contributed by atoms with Gasteiger partial charge in [0.15, 0.2) is 5.78 Å². The Morgan fingerprint density at radius 1 is 1.16 bits per heavy atom. The van der Waals surface area contributed by atoms with Gasteiger partial charge in [0.25, 0.3) is 0 Å². The summed E-state index contributed by atoms with van der Waals surface area (Å²) in [5.41, 5.74) is 7.07. The minimum absolute atomic E-state index is 0.149. The third-order valence-electron chi connectivity index (χ3n) is 3.83. The van der Waals surface area contributed by atoms with Gasteiger partial charge in [0.2, 0.25) is 0 Å². The number of ketones is 1. The monoisotopic (exact) mass is 261 g/mol.